The molecule has 0 spiro atoms. The van der Waals surface area contributed by atoms with E-state index in [4.69, 9.17) is 11.6 Å². The molecule has 11 heteroatoms. The van der Waals surface area contributed by atoms with Crippen LogP contribution in [0.2, 0.25) is 5.02 Å². The average Bonchev–Trinajstić information content (AvgIpc) is 3.14. The summed E-state index contributed by atoms with van der Waals surface area (Å²) in [6.07, 6.45) is -4.34. The fourth-order valence-electron chi connectivity index (χ4n) is 2.45. The van der Waals surface area contributed by atoms with Crippen LogP contribution in [0.25, 0.3) is 0 Å². The molecule has 31 heavy (non-hydrogen) atoms. The smallest absolute Gasteiger partial charge is 0.406 e. The number of rotatable bonds is 7. The van der Waals surface area contributed by atoms with E-state index >= 15 is 0 Å². The number of benzene rings is 2. The lowest BCUT2D eigenvalue weighted by Crippen LogP contribution is -2.17. The van der Waals surface area contributed by atoms with Crippen LogP contribution < -0.4 is 15.4 Å². The second kappa shape index (κ2) is 9.80. The fourth-order valence-corrected chi connectivity index (χ4v) is 3.32. The molecule has 6 nitrogen and oxygen atoms in total. The maximum Gasteiger partial charge on any atom is 0.573 e. The highest BCUT2D eigenvalue weighted by Crippen LogP contribution is 2.24. The molecule has 2 N–H and O–H groups in total. The Hall–Kier alpha value is -3.11. The summed E-state index contributed by atoms with van der Waals surface area (Å²) in [5.74, 6) is -1.03. The second-order valence-electron chi connectivity index (χ2n) is 6.23. The molecule has 0 atom stereocenters. The van der Waals surface area contributed by atoms with Gasteiger partial charge in [0, 0.05) is 28.1 Å². The van der Waals surface area contributed by atoms with Gasteiger partial charge in [-0.2, -0.15) is 0 Å². The number of ether oxygens (including phenoxy) is 1. The summed E-state index contributed by atoms with van der Waals surface area (Å²) in [5.41, 5.74) is 1.40. The molecule has 2 amide bonds. The molecule has 0 aliphatic carbocycles. The predicted octanol–water partition coefficient (Wildman–Crippen LogP) is 5.52. The first-order valence-electron chi connectivity index (χ1n) is 8.85. The summed E-state index contributed by atoms with van der Waals surface area (Å²) in [6.45, 7) is 0. The molecule has 0 saturated carbocycles. The Morgan fingerprint density at radius 2 is 1.71 bits per heavy atom. The molecule has 0 aliphatic rings. The lowest BCUT2D eigenvalue weighted by molar-refractivity contribution is -0.274. The van der Waals surface area contributed by atoms with Crippen LogP contribution in [-0.2, 0) is 11.2 Å². The topological polar surface area (TPSA) is 80.3 Å². The molecule has 162 valence electrons. The number of halogens is 4. The Morgan fingerprint density at radius 3 is 2.35 bits per heavy atom. The van der Waals surface area contributed by atoms with Crippen LogP contribution in [-0.4, -0.2) is 23.2 Å². The van der Waals surface area contributed by atoms with E-state index in [1.54, 1.807) is 29.6 Å². The predicted molar refractivity (Wildman–Crippen MR) is 112 cm³/mol. The van der Waals surface area contributed by atoms with Crippen LogP contribution in [0.3, 0.4) is 0 Å². The Balaban J connectivity index is 1.47. The summed E-state index contributed by atoms with van der Waals surface area (Å²) in [7, 11) is 0. The van der Waals surface area contributed by atoms with Gasteiger partial charge in [0.15, 0.2) is 5.13 Å². The number of hydrogen-bond donors (Lipinski definition) is 2. The molecule has 0 radical (unpaired) electrons. The number of aryl methyl sites for hydroxylation is 1. The highest BCUT2D eigenvalue weighted by Gasteiger charge is 2.30. The maximum absolute atomic E-state index is 12.2. The van der Waals surface area contributed by atoms with Crippen molar-refractivity contribution in [2.75, 3.05) is 10.6 Å². The summed E-state index contributed by atoms with van der Waals surface area (Å²) in [6, 6.07) is 11.3. The number of carbonyl (C=O) groups excluding carboxylic acids is 2. The van der Waals surface area contributed by atoms with Gasteiger partial charge in [-0.05, 0) is 55.0 Å². The molecular formula is C20H15ClF3N3O3S. The van der Waals surface area contributed by atoms with Crippen molar-refractivity contribution in [3.8, 4) is 5.75 Å². The van der Waals surface area contributed by atoms with Gasteiger partial charge in [0.25, 0.3) is 5.91 Å². The first kappa shape index (κ1) is 22.6. The van der Waals surface area contributed by atoms with Crippen LogP contribution in [0.15, 0.2) is 53.9 Å². The third-order valence-electron chi connectivity index (χ3n) is 3.86. The number of hydrogen-bond acceptors (Lipinski definition) is 5. The minimum absolute atomic E-state index is 0.106. The zero-order valence-electron chi connectivity index (χ0n) is 15.7. The normalized spacial score (nSPS) is 11.1. The van der Waals surface area contributed by atoms with Gasteiger partial charge in [0.2, 0.25) is 5.91 Å². The van der Waals surface area contributed by atoms with E-state index in [-0.39, 0.29) is 24.0 Å². The third-order valence-corrected chi connectivity index (χ3v) is 4.92. The molecule has 0 bridgehead atoms. The van der Waals surface area contributed by atoms with Crippen LogP contribution >= 0.6 is 22.9 Å². The van der Waals surface area contributed by atoms with Crippen molar-refractivity contribution >= 4 is 45.6 Å². The fraction of sp³-hybridized carbons (Fsp3) is 0.150. The van der Waals surface area contributed by atoms with E-state index in [0.717, 1.165) is 12.1 Å². The quantitative estimate of drug-likeness (QED) is 0.477. The van der Waals surface area contributed by atoms with Crippen molar-refractivity contribution in [2.45, 2.75) is 19.2 Å². The van der Waals surface area contributed by atoms with Gasteiger partial charge in [-0.3, -0.25) is 14.9 Å². The van der Waals surface area contributed by atoms with Crippen molar-refractivity contribution in [1.29, 1.82) is 0 Å². The van der Waals surface area contributed by atoms with Gasteiger partial charge in [0.1, 0.15) is 5.75 Å². The Labute approximate surface area is 184 Å². The Morgan fingerprint density at radius 1 is 1.03 bits per heavy atom. The number of aromatic nitrogens is 1. The van der Waals surface area contributed by atoms with Crippen LogP contribution in [0.1, 0.15) is 22.5 Å². The molecular weight excluding hydrogens is 455 g/mol. The van der Waals surface area contributed by atoms with E-state index in [2.05, 4.69) is 20.4 Å². The molecule has 0 aliphatic heterocycles. The number of nitrogens with one attached hydrogen (secondary N) is 2. The van der Waals surface area contributed by atoms with Gasteiger partial charge in [-0.25, -0.2) is 4.98 Å². The monoisotopic (exact) mass is 469 g/mol. The first-order chi connectivity index (χ1) is 14.7. The number of amides is 2. The molecule has 3 rings (SSSR count). The van der Waals surface area contributed by atoms with Gasteiger partial charge in [0.05, 0.1) is 5.69 Å². The zero-order valence-corrected chi connectivity index (χ0v) is 17.3. The number of thiazole rings is 1. The molecule has 1 heterocycles. The summed E-state index contributed by atoms with van der Waals surface area (Å²) in [4.78, 5) is 28.5. The zero-order chi connectivity index (χ0) is 22.4. The van der Waals surface area contributed by atoms with Gasteiger partial charge in [-0.1, -0.05) is 11.6 Å². The minimum atomic E-state index is -4.77. The first-order valence-corrected chi connectivity index (χ1v) is 10.1. The third kappa shape index (κ3) is 7.26. The summed E-state index contributed by atoms with van der Waals surface area (Å²) in [5, 5.41) is 7.92. The average molecular weight is 470 g/mol. The molecule has 3 aromatic rings. The summed E-state index contributed by atoms with van der Waals surface area (Å²) < 4.78 is 40.3. The van der Waals surface area contributed by atoms with Gasteiger partial charge < -0.3 is 10.1 Å². The van der Waals surface area contributed by atoms with Crippen LogP contribution in [0, 0.1) is 0 Å². The Kier molecular flexibility index (Phi) is 7.13. The number of nitrogens with zero attached hydrogens (tertiary/aromatic N) is 1. The molecule has 0 fully saturated rings. The number of anilines is 2. The summed E-state index contributed by atoms with van der Waals surface area (Å²) >= 11 is 7.03. The molecule has 1 aromatic heterocycles. The van der Waals surface area contributed by atoms with E-state index in [9.17, 15) is 22.8 Å². The van der Waals surface area contributed by atoms with E-state index in [1.165, 1.54) is 23.5 Å². The molecule has 2 aromatic carbocycles. The van der Waals surface area contributed by atoms with Crippen molar-refractivity contribution in [1.82, 2.24) is 4.98 Å². The SMILES string of the molecule is O=C(CCc1csc(NC(=O)c2ccc(Cl)cc2)n1)Nc1ccc(OC(F)(F)F)cc1. The molecule has 0 saturated heterocycles. The van der Waals surface area contributed by atoms with Crippen molar-refractivity contribution in [3.05, 3.63) is 70.2 Å². The van der Waals surface area contributed by atoms with Crippen molar-refractivity contribution in [3.63, 3.8) is 0 Å². The lowest BCUT2D eigenvalue weighted by atomic mass is 10.2. The van der Waals surface area contributed by atoms with E-state index < -0.39 is 6.36 Å². The van der Waals surface area contributed by atoms with Crippen LogP contribution in [0.4, 0.5) is 24.0 Å². The Bertz CT molecular complexity index is 1050. The standard InChI is InChI=1S/C20H15ClF3N3O3S/c21-13-3-1-12(2-4-13)18(29)27-19-26-15(11-31-19)7-10-17(28)25-14-5-8-16(9-6-14)30-20(22,23)24/h1-6,8-9,11H,7,10H2,(H,25,28)(H,26,27,29). The van der Waals surface area contributed by atoms with Crippen LogP contribution in [0.5, 0.6) is 5.75 Å². The van der Waals surface area contributed by atoms with Crippen molar-refractivity contribution in [2.24, 2.45) is 0 Å². The minimum Gasteiger partial charge on any atom is -0.406 e. The maximum atomic E-state index is 12.2. The van der Waals surface area contributed by atoms with E-state index in [0.29, 0.717) is 33.5 Å². The molecule has 0 unspecified atom stereocenters. The van der Waals surface area contributed by atoms with Crippen molar-refractivity contribution < 1.29 is 27.5 Å². The largest absolute Gasteiger partial charge is 0.573 e. The highest BCUT2D eigenvalue weighted by molar-refractivity contribution is 7.14. The highest BCUT2D eigenvalue weighted by atomic mass is 35.5. The van der Waals surface area contributed by atoms with Gasteiger partial charge >= 0.3 is 6.36 Å². The lowest BCUT2D eigenvalue weighted by Gasteiger charge is -2.09. The number of carbonyl (C=O) groups is 2. The van der Waals surface area contributed by atoms with Gasteiger partial charge in [-0.15, -0.1) is 24.5 Å². The van der Waals surface area contributed by atoms with E-state index in [1.807, 2.05) is 0 Å². The number of alkyl halides is 3. The second-order valence-corrected chi connectivity index (χ2v) is 7.52.